The Morgan fingerprint density at radius 1 is 1.25 bits per heavy atom. The van der Waals surface area contributed by atoms with E-state index >= 15 is 0 Å². The average molecular weight is 291 g/mol. The third-order valence-corrected chi connectivity index (χ3v) is 2.65. The summed E-state index contributed by atoms with van der Waals surface area (Å²) in [5.74, 6) is 0.784. The Morgan fingerprint density at radius 3 is 2.60 bits per heavy atom. The molecule has 0 spiro atoms. The van der Waals surface area contributed by atoms with Gasteiger partial charge in [-0.3, -0.25) is 0 Å². The van der Waals surface area contributed by atoms with Gasteiger partial charge >= 0.3 is 6.18 Å². The molecule has 0 heterocycles. The molecule has 20 heavy (non-hydrogen) atoms. The molecule has 0 saturated heterocycles. The zero-order chi connectivity index (χ0) is 15.0. The van der Waals surface area contributed by atoms with Gasteiger partial charge in [-0.15, -0.1) is 0 Å². The molecule has 1 N–H and O–H groups in total. The Balaban J connectivity index is 2.37. The van der Waals surface area contributed by atoms with E-state index in [9.17, 15) is 13.2 Å². The second-order valence-electron chi connectivity index (χ2n) is 4.31. The van der Waals surface area contributed by atoms with Gasteiger partial charge in [0, 0.05) is 18.2 Å². The zero-order valence-electron chi connectivity index (χ0n) is 11.7. The van der Waals surface area contributed by atoms with Gasteiger partial charge in [-0.25, -0.2) is 0 Å². The summed E-state index contributed by atoms with van der Waals surface area (Å²) in [6, 6.07) is 7.56. The zero-order valence-corrected chi connectivity index (χ0v) is 11.7. The highest BCUT2D eigenvalue weighted by Gasteiger charge is 2.27. The molecule has 1 atom stereocenters. The predicted octanol–water partition coefficient (Wildman–Crippen LogP) is 3.31. The lowest BCUT2D eigenvalue weighted by Crippen LogP contribution is -2.26. The molecule has 0 aromatic heterocycles. The molecule has 1 rings (SSSR count). The van der Waals surface area contributed by atoms with E-state index in [1.807, 2.05) is 38.1 Å². The van der Waals surface area contributed by atoms with Crippen molar-refractivity contribution in [1.29, 1.82) is 0 Å². The summed E-state index contributed by atoms with van der Waals surface area (Å²) >= 11 is 0. The number of ether oxygens (including phenoxy) is 2. The minimum atomic E-state index is -4.27. The van der Waals surface area contributed by atoms with Crippen molar-refractivity contribution in [1.82, 2.24) is 5.32 Å². The van der Waals surface area contributed by atoms with Crippen LogP contribution in [-0.2, 0) is 4.74 Å². The summed E-state index contributed by atoms with van der Waals surface area (Å²) in [4.78, 5) is 0. The SMILES string of the molecule is CCOc1ccccc1C(C)NCCOCC(F)(F)F. The molecule has 1 unspecified atom stereocenters. The molecule has 3 nitrogen and oxygen atoms in total. The van der Waals surface area contributed by atoms with Gasteiger partial charge in [0.1, 0.15) is 12.4 Å². The number of alkyl halides is 3. The fraction of sp³-hybridized carbons (Fsp3) is 0.571. The number of rotatable bonds is 8. The van der Waals surface area contributed by atoms with E-state index in [1.165, 1.54) is 0 Å². The van der Waals surface area contributed by atoms with E-state index in [-0.39, 0.29) is 12.6 Å². The minimum absolute atomic E-state index is 0.0145. The average Bonchev–Trinajstić information content (AvgIpc) is 2.38. The largest absolute Gasteiger partial charge is 0.494 e. The summed E-state index contributed by atoms with van der Waals surface area (Å²) in [5, 5.41) is 3.11. The molecule has 0 saturated carbocycles. The van der Waals surface area contributed by atoms with Crippen molar-refractivity contribution < 1.29 is 22.6 Å². The van der Waals surface area contributed by atoms with Crippen molar-refractivity contribution >= 4 is 0 Å². The van der Waals surface area contributed by atoms with Crippen LogP contribution in [0.3, 0.4) is 0 Å². The van der Waals surface area contributed by atoms with Crippen molar-refractivity contribution in [2.45, 2.75) is 26.1 Å². The Bertz CT molecular complexity index is 396. The van der Waals surface area contributed by atoms with Crippen LogP contribution in [0.15, 0.2) is 24.3 Å². The third kappa shape index (κ3) is 6.25. The Hall–Kier alpha value is -1.27. The molecule has 0 bridgehead atoms. The van der Waals surface area contributed by atoms with Crippen molar-refractivity contribution in [3.8, 4) is 5.75 Å². The fourth-order valence-corrected chi connectivity index (χ4v) is 1.77. The molecule has 114 valence electrons. The maximum absolute atomic E-state index is 11.9. The molecule has 0 aliphatic carbocycles. The minimum Gasteiger partial charge on any atom is -0.494 e. The molecule has 0 fully saturated rings. The summed E-state index contributed by atoms with van der Waals surface area (Å²) in [7, 11) is 0. The molecule has 6 heteroatoms. The third-order valence-electron chi connectivity index (χ3n) is 2.65. The number of hydrogen-bond acceptors (Lipinski definition) is 3. The highest BCUT2D eigenvalue weighted by Crippen LogP contribution is 2.24. The van der Waals surface area contributed by atoms with Gasteiger partial charge < -0.3 is 14.8 Å². The first-order chi connectivity index (χ1) is 9.44. The lowest BCUT2D eigenvalue weighted by Gasteiger charge is -2.18. The van der Waals surface area contributed by atoms with Gasteiger partial charge in [0.15, 0.2) is 0 Å². The number of hydrogen-bond donors (Lipinski definition) is 1. The monoisotopic (exact) mass is 291 g/mol. The van der Waals surface area contributed by atoms with Gasteiger partial charge in [-0.2, -0.15) is 13.2 Å². The topological polar surface area (TPSA) is 30.5 Å². The van der Waals surface area contributed by atoms with E-state index in [0.717, 1.165) is 11.3 Å². The summed E-state index contributed by atoms with van der Waals surface area (Å²) < 4.78 is 45.7. The standard InChI is InChI=1S/C14H20F3NO2/c1-3-20-13-7-5-4-6-12(13)11(2)18-8-9-19-10-14(15,16)17/h4-7,11,18H,3,8-10H2,1-2H3. The first kappa shape index (κ1) is 16.8. The Morgan fingerprint density at radius 2 is 1.95 bits per heavy atom. The van der Waals surface area contributed by atoms with Crippen LogP contribution < -0.4 is 10.1 Å². The van der Waals surface area contributed by atoms with Gasteiger partial charge in [0.2, 0.25) is 0 Å². The van der Waals surface area contributed by atoms with Crippen LogP contribution in [0.25, 0.3) is 0 Å². The Labute approximate surface area is 117 Å². The van der Waals surface area contributed by atoms with Crippen LogP contribution in [-0.4, -0.2) is 32.5 Å². The van der Waals surface area contributed by atoms with Gasteiger partial charge in [-0.05, 0) is 19.9 Å². The molecule has 0 radical (unpaired) electrons. The molecule has 0 aliphatic rings. The lowest BCUT2D eigenvalue weighted by atomic mass is 10.1. The van der Waals surface area contributed by atoms with Crippen LogP contribution in [0.2, 0.25) is 0 Å². The highest BCUT2D eigenvalue weighted by atomic mass is 19.4. The second-order valence-corrected chi connectivity index (χ2v) is 4.31. The second kappa shape index (κ2) is 8.11. The highest BCUT2D eigenvalue weighted by molar-refractivity contribution is 5.35. The molecular formula is C14H20F3NO2. The molecule has 0 aliphatic heterocycles. The van der Waals surface area contributed by atoms with Gasteiger partial charge in [0.25, 0.3) is 0 Å². The first-order valence-corrected chi connectivity index (χ1v) is 6.53. The first-order valence-electron chi connectivity index (χ1n) is 6.53. The summed E-state index contributed by atoms with van der Waals surface area (Å²) in [5.41, 5.74) is 0.977. The smallest absolute Gasteiger partial charge is 0.411 e. The quantitative estimate of drug-likeness (QED) is 0.745. The van der Waals surface area contributed by atoms with E-state index in [0.29, 0.717) is 13.2 Å². The number of benzene rings is 1. The lowest BCUT2D eigenvalue weighted by molar-refractivity contribution is -0.173. The van der Waals surface area contributed by atoms with Gasteiger partial charge in [0.05, 0.1) is 13.2 Å². The number of para-hydroxylation sites is 1. The molecule has 1 aromatic rings. The van der Waals surface area contributed by atoms with E-state index in [1.54, 1.807) is 0 Å². The van der Waals surface area contributed by atoms with Gasteiger partial charge in [-0.1, -0.05) is 18.2 Å². The summed E-state index contributed by atoms with van der Waals surface area (Å²) in [6.07, 6.45) is -4.27. The van der Waals surface area contributed by atoms with E-state index in [4.69, 9.17) is 4.74 Å². The van der Waals surface area contributed by atoms with Crippen molar-refractivity contribution in [3.05, 3.63) is 29.8 Å². The van der Waals surface area contributed by atoms with Crippen LogP contribution in [0.4, 0.5) is 13.2 Å². The fourth-order valence-electron chi connectivity index (χ4n) is 1.77. The van der Waals surface area contributed by atoms with Crippen molar-refractivity contribution in [2.24, 2.45) is 0 Å². The van der Waals surface area contributed by atoms with Crippen LogP contribution in [0.1, 0.15) is 25.5 Å². The van der Waals surface area contributed by atoms with Crippen molar-refractivity contribution in [3.63, 3.8) is 0 Å². The van der Waals surface area contributed by atoms with Crippen LogP contribution in [0, 0.1) is 0 Å². The number of nitrogens with one attached hydrogen (secondary N) is 1. The molecular weight excluding hydrogens is 271 g/mol. The van der Waals surface area contributed by atoms with Crippen LogP contribution >= 0.6 is 0 Å². The maximum Gasteiger partial charge on any atom is 0.411 e. The maximum atomic E-state index is 11.9. The van der Waals surface area contributed by atoms with E-state index < -0.39 is 12.8 Å². The van der Waals surface area contributed by atoms with Crippen molar-refractivity contribution in [2.75, 3.05) is 26.4 Å². The molecule has 0 amide bonds. The van der Waals surface area contributed by atoms with E-state index in [2.05, 4.69) is 10.1 Å². The molecule has 1 aromatic carbocycles. The van der Waals surface area contributed by atoms with Crippen LogP contribution in [0.5, 0.6) is 5.75 Å². The normalized spacial score (nSPS) is 13.2. The predicted molar refractivity (Wildman–Crippen MR) is 70.9 cm³/mol. The number of halogens is 3. The summed E-state index contributed by atoms with van der Waals surface area (Å²) in [6.45, 7) is 3.55. The Kier molecular flexibility index (Phi) is 6.81.